The van der Waals surface area contributed by atoms with Crippen LogP contribution in [0.1, 0.15) is 11.1 Å². The summed E-state index contributed by atoms with van der Waals surface area (Å²) >= 11 is 6.23. The fraction of sp³-hybridized carbons (Fsp3) is 0.467. The van der Waals surface area contributed by atoms with Gasteiger partial charge in [-0.3, -0.25) is 5.01 Å². The van der Waals surface area contributed by atoms with Gasteiger partial charge in [0.15, 0.2) is 0 Å². The van der Waals surface area contributed by atoms with Crippen molar-refractivity contribution in [2.24, 2.45) is 5.10 Å². The Morgan fingerprint density at radius 1 is 1.45 bits per heavy atom. The van der Waals surface area contributed by atoms with E-state index < -0.39 is 24.4 Å². The van der Waals surface area contributed by atoms with E-state index in [-0.39, 0.29) is 6.54 Å². The van der Waals surface area contributed by atoms with Crippen LogP contribution in [0.4, 0.5) is 5.69 Å². The van der Waals surface area contributed by atoms with Gasteiger partial charge in [0.05, 0.1) is 23.9 Å². The molecule has 3 rings (SSSR count). The van der Waals surface area contributed by atoms with Crippen LogP contribution in [-0.4, -0.2) is 58.9 Å². The highest BCUT2D eigenvalue weighted by atomic mass is 35.5. The maximum absolute atomic E-state index is 10.1. The van der Waals surface area contributed by atoms with Gasteiger partial charge in [0.25, 0.3) is 0 Å². The minimum atomic E-state index is -0.913. The first-order valence-corrected chi connectivity index (χ1v) is 7.28. The van der Waals surface area contributed by atoms with Crippen LogP contribution in [0.2, 0.25) is 5.02 Å². The zero-order chi connectivity index (χ0) is 16.0. The number of aliphatic hydroxyl groups excluding tert-OH is 2. The van der Waals surface area contributed by atoms with Crippen LogP contribution in [0.5, 0.6) is 0 Å². The number of hydrazone groups is 1. The largest absolute Gasteiger partial charge is 0.388 e. The molecular weight excluding hydrogens is 306 g/mol. The fourth-order valence-corrected chi connectivity index (χ4v) is 3.33. The van der Waals surface area contributed by atoms with E-state index in [4.69, 9.17) is 22.9 Å². The second-order valence-corrected chi connectivity index (χ2v) is 5.87. The number of halogens is 1. The molecule has 1 fully saturated rings. The minimum absolute atomic E-state index is 0.266. The summed E-state index contributed by atoms with van der Waals surface area (Å²) < 4.78 is 5.52. The quantitative estimate of drug-likeness (QED) is 0.807. The number of fused-ring (bicyclic) bond motifs is 1. The monoisotopic (exact) mass is 321 g/mol. The molecule has 116 valence electrons. The van der Waals surface area contributed by atoms with E-state index in [9.17, 15) is 10.2 Å². The molecule has 0 unspecified atom stereocenters. The molecule has 0 aliphatic carbocycles. The van der Waals surface area contributed by atoms with Crippen molar-refractivity contribution in [2.45, 2.75) is 31.3 Å². The highest BCUT2D eigenvalue weighted by Gasteiger charge is 2.50. The van der Waals surface area contributed by atoms with Crippen LogP contribution < -0.4 is 0 Å². The van der Waals surface area contributed by atoms with E-state index >= 15 is 0 Å². The lowest BCUT2D eigenvalue weighted by atomic mass is 9.94. The first kappa shape index (κ1) is 15.3. The van der Waals surface area contributed by atoms with Gasteiger partial charge >= 0.3 is 0 Å². The molecule has 6 nitrogen and oxygen atoms in total. The van der Waals surface area contributed by atoms with Crippen LogP contribution in [0.25, 0.3) is 4.85 Å². The van der Waals surface area contributed by atoms with Crippen molar-refractivity contribution < 1.29 is 14.9 Å². The third kappa shape index (κ3) is 2.09. The van der Waals surface area contributed by atoms with Gasteiger partial charge in [0, 0.05) is 12.7 Å². The van der Waals surface area contributed by atoms with Gasteiger partial charge in [-0.05, 0) is 12.5 Å². The van der Waals surface area contributed by atoms with Crippen molar-refractivity contribution in [2.75, 3.05) is 13.7 Å². The average Bonchev–Trinajstić information content (AvgIpc) is 2.99. The highest BCUT2D eigenvalue weighted by Crippen LogP contribution is 2.36. The first-order valence-electron chi connectivity index (χ1n) is 6.90. The predicted octanol–water partition coefficient (Wildman–Crippen LogP) is 1.34. The predicted molar refractivity (Wildman–Crippen MR) is 82.3 cm³/mol. The van der Waals surface area contributed by atoms with Gasteiger partial charge in [0.2, 0.25) is 5.69 Å². The number of hydrogen-bond acceptors (Lipinski definition) is 5. The summed E-state index contributed by atoms with van der Waals surface area (Å²) in [6.07, 6.45) is -2.20. The summed E-state index contributed by atoms with van der Waals surface area (Å²) in [6, 6.07) is 3.04. The Hall–Kier alpha value is -1.65. The molecule has 0 amide bonds. The molecule has 0 bridgehead atoms. The molecule has 1 aromatic rings. The molecule has 2 aliphatic rings. The Morgan fingerprint density at radius 2 is 2.18 bits per heavy atom. The molecular formula is C15H16ClN3O3. The molecule has 22 heavy (non-hydrogen) atoms. The van der Waals surface area contributed by atoms with Gasteiger partial charge < -0.3 is 14.9 Å². The maximum Gasteiger partial charge on any atom is 0.205 e. The second-order valence-electron chi connectivity index (χ2n) is 5.50. The van der Waals surface area contributed by atoms with Gasteiger partial charge in [-0.2, -0.15) is 5.10 Å². The standard InChI is InChI=1S/C15H16ClN3O3/c1-7-8(4-5-9(17-2)11(7)16)12-15(22-3)13-14(21)10(20)6-19(13)18-12/h4-5,10,13-15,20-21H,6H2,1,3H3/t10-,13-,14-,15+/m0/s1. The van der Waals surface area contributed by atoms with E-state index in [0.717, 1.165) is 11.1 Å². The Morgan fingerprint density at radius 3 is 2.82 bits per heavy atom. The number of methoxy groups -OCH3 is 1. The van der Waals surface area contributed by atoms with E-state index in [0.29, 0.717) is 16.4 Å². The van der Waals surface area contributed by atoms with Crippen molar-refractivity contribution >= 4 is 23.0 Å². The Bertz CT molecular complexity index is 685. The van der Waals surface area contributed by atoms with E-state index in [1.807, 2.05) is 6.92 Å². The summed E-state index contributed by atoms with van der Waals surface area (Å²) in [6.45, 7) is 9.20. The van der Waals surface area contributed by atoms with Gasteiger partial charge in [-0.25, -0.2) is 4.85 Å². The van der Waals surface area contributed by atoms with Crippen LogP contribution in [0.3, 0.4) is 0 Å². The normalized spacial score (nSPS) is 30.2. The molecule has 4 atom stereocenters. The van der Waals surface area contributed by atoms with Crippen molar-refractivity contribution in [1.29, 1.82) is 0 Å². The Kier molecular flexibility index (Phi) is 3.83. The Labute approximate surface area is 133 Å². The summed E-state index contributed by atoms with van der Waals surface area (Å²) in [7, 11) is 1.55. The summed E-state index contributed by atoms with van der Waals surface area (Å²) in [5, 5.41) is 26.5. The van der Waals surface area contributed by atoms with Crippen LogP contribution in [0, 0.1) is 13.5 Å². The molecule has 2 N–H and O–H groups in total. The minimum Gasteiger partial charge on any atom is -0.388 e. The first-order chi connectivity index (χ1) is 10.5. The van der Waals surface area contributed by atoms with Crippen LogP contribution in [-0.2, 0) is 4.74 Å². The molecule has 0 spiro atoms. The molecule has 7 heteroatoms. The number of aliphatic hydroxyl groups is 2. The van der Waals surface area contributed by atoms with Crippen LogP contribution in [0.15, 0.2) is 17.2 Å². The molecule has 1 saturated heterocycles. The highest BCUT2D eigenvalue weighted by molar-refractivity contribution is 6.34. The van der Waals surface area contributed by atoms with E-state index in [1.165, 1.54) is 0 Å². The number of hydrogen-bond donors (Lipinski definition) is 2. The van der Waals surface area contributed by atoms with Gasteiger partial charge in [-0.15, -0.1) is 0 Å². The maximum atomic E-state index is 10.1. The molecule has 1 aromatic carbocycles. The second kappa shape index (κ2) is 5.52. The van der Waals surface area contributed by atoms with Crippen LogP contribution >= 0.6 is 11.6 Å². The number of benzene rings is 1. The van der Waals surface area contributed by atoms with Crippen molar-refractivity contribution in [3.63, 3.8) is 0 Å². The SMILES string of the molecule is [C-]#[N+]c1ccc(C2=NN3C[C@H](O)[C@H](O)[C@H]3[C@@H]2OC)c(C)c1Cl. The van der Waals surface area contributed by atoms with Gasteiger partial charge in [-0.1, -0.05) is 23.7 Å². The Balaban J connectivity index is 2.05. The third-order valence-electron chi connectivity index (χ3n) is 4.29. The lowest BCUT2D eigenvalue weighted by molar-refractivity contribution is 0.00399. The molecule has 2 heterocycles. The number of rotatable bonds is 2. The topological polar surface area (TPSA) is 69.7 Å². The lowest BCUT2D eigenvalue weighted by Gasteiger charge is -2.23. The third-order valence-corrected chi connectivity index (χ3v) is 4.77. The summed E-state index contributed by atoms with van der Waals surface area (Å²) in [5.41, 5.74) is 2.60. The molecule has 0 saturated carbocycles. The van der Waals surface area contributed by atoms with Crippen molar-refractivity contribution in [1.82, 2.24) is 5.01 Å². The lowest BCUT2D eigenvalue weighted by Crippen LogP contribution is -2.43. The molecule has 0 aromatic heterocycles. The van der Waals surface area contributed by atoms with Crippen molar-refractivity contribution in [3.05, 3.63) is 39.7 Å². The van der Waals surface area contributed by atoms with Crippen molar-refractivity contribution in [3.8, 4) is 0 Å². The summed E-state index contributed by atoms with van der Waals surface area (Å²) in [5.74, 6) is 0. The number of ether oxygens (including phenoxy) is 1. The van der Waals surface area contributed by atoms with E-state index in [2.05, 4.69) is 9.95 Å². The molecule has 2 aliphatic heterocycles. The van der Waals surface area contributed by atoms with E-state index in [1.54, 1.807) is 24.3 Å². The average molecular weight is 322 g/mol. The summed E-state index contributed by atoms with van der Waals surface area (Å²) in [4.78, 5) is 3.38. The smallest absolute Gasteiger partial charge is 0.205 e. The fourth-order valence-electron chi connectivity index (χ4n) is 3.12. The number of nitrogens with zero attached hydrogens (tertiary/aromatic N) is 3. The van der Waals surface area contributed by atoms with Gasteiger partial charge in [0.1, 0.15) is 24.4 Å². The molecule has 0 radical (unpaired) electrons. The zero-order valence-corrected chi connectivity index (χ0v) is 12.9. The zero-order valence-electron chi connectivity index (χ0n) is 12.2.